The number of pyridine rings is 1. The van der Waals surface area contributed by atoms with Crippen LogP contribution in [-0.2, 0) is 6.42 Å². The van der Waals surface area contributed by atoms with Gasteiger partial charge in [-0.05, 0) is 35.4 Å². The molecular formula is C19H20FN3O2S3. The molecule has 1 unspecified atom stereocenters. The van der Waals surface area contributed by atoms with Crippen LogP contribution in [0.5, 0.6) is 0 Å². The molecule has 0 saturated carbocycles. The SMILES string of the molecule is CC(C)(C)C(Cc1cc(-c2cccnc2F)c(Sc2nccs2)s1)NC(=O)O. The summed E-state index contributed by atoms with van der Waals surface area (Å²) in [7, 11) is 0. The highest BCUT2D eigenvalue weighted by molar-refractivity contribution is 8.02. The quantitative estimate of drug-likeness (QED) is 0.478. The third-order valence-electron chi connectivity index (χ3n) is 4.14. The highest BCUT2D eigenvalue weighted by atomic mass is 32.2. The fraction of sp³-hybridized carbons (Fsp3) is 0.316. The Balaban J connectivity index is 1.98. The molecule has 148 valence electrons. The van der Waals surface area contributed by atoms with Gasteiger partial charge in [0.15, 0.2) is 4.34 Å². The van der Waals surface area contributed by atoms with E-state index < -0.39 is 12.0 Å². The van der Waals surface area contributed by atoms with E-state index in [4.69, 9.17) is 0 Å². The lowest BCUT2D eigenvalue weighted by Gasteiger charge is -2.30. The molecule has 2 N–H and O–H groups in total. The molecule has 1 atom stereocenters. The number of hydrogen-bond donors (Lipinski definition) is 2. The monoisotopic (exact) mass is 437 g/mol. The lowest BCUT2D eigenvalue weighted by Crippen LogP contribution is -2.44. The molecule has 0 spiro atoms. The Morgan fingerprint density at radius 3 is 2.71 bits per heavy atom. The van der Waals surface area contributed by atoms with Crippen LogP contribution in [0.25, 0.3) is 11.1 Å². The zero-order valence-corrected chi connectivity index (χ0v) is 18.1. The molecule has 3 aromatic rings. The molecule has 0 saturated heterocycles. The van der Waals surface area contributed by atoms with Crippen LogP contribution in [0.3, 0.4) is 0 Å². The summed E-state index contributed by atoms with van der Waals surface area (Å²) in [6.07, 6.45) is 2.63. The van der Waals surface area contributed by atoms with Crippen molar-refractivity contribution < 1.29 is 14.3 Å². The van der Waals surface area contributed by atoms with Crippen LogP contribution in [0, 0.1) is 11.4 Å². The maximum atomic E-state index is 14.3. The number of aromatic nitrogens is 2. The fourth-order valence-electron chi connectivity index (χ4n) is 2.64. The van der Waals surface area contributed by atoms with Gasteiger partial charge in [0.2, 0.25) is 5.95 Å². The number of thiazole rings is 1. The van der Waals surface area contributed by atoms with Crippen LogP contribution in [0.4, 0.5) is 9.18 Å². The standard InChI is InChI=1S/C19H20FN3O2S3/c1-19(2,3)14(23-17(24)25)10-11-9-13(12-5-4-6-21-15(12)20)16(27-11)28-18-22-7-8-26-18/h4-9,14,23H,10H2,1-3H3,(H,24,25). The van der Waals surface area contributed by atoms with E-state index in [2.05, 4.69) is 15.3 Å². The number of thiophene rings is 1. The third-order valence-corrected chi connectivity index (χ3v) is 7.38. The van der Waals surface area contributed by atoms with Crippen molar-refractivity contribution in [1.82, 2.24) is 15.3 Å². The number of amides is 1. The number of rotatable bonds is 6. The number of nitrogens with one attached hydrogen (secondary N) is 1. The topological polar surface area (TPSA) is 75.1 Å². The van der Waals surface area contributed by atoms with E-state index in [-0.39, 0.29) is 11.5 Å². The molecule has 1 amide bonds. The van der Waals surface area contributed by atoms with Crippen molar-refractivity contribution in [3.63, 3.8) is 0 Å². The third kappa shape index (κ3) is 5.09. The molecule has 0 aliphatic heterocycles. The smallest absolute Gasteiger partial charge is 0.404 e. The highest BCUT2D eigenvalue weighted by Gasteiger charge is 2.28. The van der Waals surface area contributed by atoms with Crippen LogP contribution < -0.4 is 5.32 Å². The summed E-state index contributed by atoms with van der Waals surface area (Å²) in [5.74, 6) is -0.524. The molecular weight excluding hydrogens is 417 g/mol. The average Bonchev–Trinajstić information content (AvgIpc) is 3.24. The molecule has 0 radical (unpaired) electrons. The molecule has 0 fully saturated rings. The summed E-state index contributed by atoms with van der Waals surface area (Å²) in [5.41, 5.74) is 0.932. The van der Waals surface area contributed by atoms with Crippen molar-refractivity contribution in [2.45, 2.75) is 41.8 Å². The molecule has 3 rings (SSSR count). The number of nitrogens with zero attached hydrogens (tertiary/aromatic N) is 2. The normalized spacial score (nSPS) is 12.7. The summed E-state index contributed by atoms with van der Waals surface area (Å²) in [5, 5.41) is 13.7. The van der Waals surface area contributed by atoms with Gasteiger partial charge in [0.05, 0.1) is 4.21 Å². The van der Waals surface area contributed by atoms with Crippen molar-refractivity contribution in [2.24, 2.45) is 5.41 Å². The molecule has 9 heteroatoms. The minimum atomic E-state index is -1.05. The summed E-state index contributed by atoms with van der Waals surface area (Å²) in [4.78, 5) is 20.3. The van der Waals surface area contributed by atoms with Crippen molar-refractivity contribution in [2.75, 3.05) is 0 Å². The van der Waals surface area contributed by atoms with Gasteiger partial charge in [-0.2, -0.15) is 4.39 Å². The molecule has 28 heavy (non-hydrogen) atoms. The average molecular weight is 438 g/mol. The Kier molecular flexibility index (Phi) is 6.36. The second-order valence-corrected chi connectivity index (χ2v) is 10.8. The number of carbonyl (C=O) groups is 1. The van der Waals surface area contributed by atoms with Gasteiger partial charge < -0.3 is 10.4 Å². The lowest BCUT2D eigenvalue weighted by molar-refractivity contribution is 0.174. The zero-order chi connectivity index (χ0) is 20.3. The van der Waals surface area contributed by atoms with E-state index in [1.54, 1.807) is 18.3 Å². The van der Waals surface area contributed by atoms with Gasteiger partial charge in [0, 0.05) is 46.2 Å². The Morgan fingerprint density at radius 2 is 2.11 bits per heavy atom. The van der Waals surface area contributed by atoms with E-state index >= 15 is 0 Å². The largest absolute Gasteiger partial charge is 0.465 e. The lowest BCUT2D eigenvalue weighted by atomic mass is 9.84. The second kappa shape index (κ2) is 8.59. The second-order valence-electron chi connectivity index (χ2n) is 7.23. The summed E-state index contributed by atoms with van der Waals surface area (Å²) >= 11 is 4.54. The van der Waals surface area contributed by atoms with Crippen LogP contribution >= 0.6 is 34.4 Å². The first-order chi connectivity index (χ1) is 13.2. The van der Waals surface area contributed by atoms with E-state index in [0.29, 0.717) is 12.0 Å². The maximum absolute atomic E-state index is 14.3. The predicted molar refractivity (Wildman–Crippen MR) is 112 cm³/mol. The first kappa shape index (κ1) is 20.8. The van der Waals surface area contributed by atoms with E-state index in [1.165, 1.54) is 40.6 Å². The Hall–Kier alpha value is -1.97. The summed E-state index contributed by atoms with van der Waals surface area (Å²) < 4.78 is 16.1. The number of halogens is 1. The minimum absolute atomic E-state index is 0.259. The van der Waals surface area contributed by atoms with E-state index in [9.17, 15) is 14.3 Å². The van der Waals surface area contributed by atoms with Crippen molar-refractivity contribution in [1.29, 1.82) is 0 Å². The fourth-order valence-corrected chi connectivity index (χ4v) is 5.99. The molecule has 0 aliphatic rings. The molecule has 0 aromatic carbocycles. The van der Waals surface area contributed by atoms with Crippen LogP contribution in [0.15, 0.2) is 44.5 Å². The highest BCUT2D eigenvalue weighted by Crippen LogP contribution is 2.44. The van der Waals surface area contributed by atoms with E-state index in [1.807, 2.05) is 32.2 Å². The molecule has 0 aliphatic carbocycles. The molecule has 5 nitrogen and oxygen atoms in total. The minimum Gasteiger partial charge on any atom is -0.465 e. The van der Waals surface area contributed by atoms with Crippen LogP contribution in [-0.4, -0.2) is 27.2 Å². The van der Waals surface area contributed by atoms with Crippen molar-refractivity contribution in [3.05, 3.63) is 46.8 Å². The van der Waals surface area contributed by atoms with Crippen LogP contribution in [0.1, 0.15) is 25.6 Å². The number of hydrogen-bond acceptors (Lipinski definition) is 6. The molecule has 0 bridgehead atoms. The summed E-state index contributed by atoms with van der Waals surface area (Å²) in [6.45, 7) is 5.98. The first-order valence-electron chi connectivity index (χ1n) is 8.54. The van der Waals surface area contributed by atoms with Gasteiger partial charge in [-0.1, -0.05) is 20.8 Å². The number of carboxylic acid groups (broad SMARTS) is 1. The van der Waals surface area contributed by atoms with Gasteiger partial charge in [0.1, 0.15) is 0 Å². The van der Waals surface area contributed by atoms with E-state index in [0.717, 1.165) is 19.0 Å². The Labute approximate surface area is 175 Å². The first-order valence-corrected chi connectivity index (χ1v) is 11.1. The van der Waals surface area contributed by atoms with Gasteiger partial charge in [0.25, 0.3) is 0 Å². The zero-order valence-electron chi connectivity index (χ0n) is 15.6. The van der Waals surface area contributed by atoms with Gasteiger partial charge in [-0.15, -0.1) is 22.7 Å². The van der Waals surface area contributed by atoms with Crippen LogP contribution in [0.2, 0.25) is 0 Å². The van der Waals surface area contributed by atoms with Gasteiger partial charge >= 0.3 is 6.09 Å². The summed E-state index contributed by atoms with van der Waals surface area (Å²) in [6, 6.07) is 5.07. The Bertz CT molecular complexity index is 952. The maximum Gasteiger partial charge on any atom is 0.404 e. The van der Waals surface area contributed by atoms with Gasteiger partial charge in [-0.25, -0.2) is 14.8 Å². The van der Waals surface area contributed by atoms with Gasteiger partial charge in [-0.3, -0.25) is 0 Å². The van der Waals surface area contributed by atoms with Crippen molar-refractivity contribution in [3.8, 4) is 11.1 Å². The molecule has 3 aromatic heterocycles. The molecule has 3 heterocycles. The van der Waals surface area contributed by atoms with Crippen molar-refractivity contribution >= 4 is 40.5 Å². The predicted octanol–water partition coefficient (Wildman–Crippen LogP) is 5.78. The Morgan fingerprint density at radius 1 is 1.32 bits per heavy atom.